The third kappa shape index (κ3) is 4.85. The van der Waals surface area contributed by atoms with Crippen LogP contribution in [-0.4, -0.2) is 30.9 Å². The number of nitrogens with one attached hydrogen (secondary N) is 2. The molecule has 8 heteroatoms. The molecule has 126 valence electrons. The average Bonchev–Trinajstić information content (AvgIpc) is 2.57. The molecule has 0 saturated heterocycles. The molecule has 0 atom stereocenters. The van der Waals surface area contributed by atoms with Crippen LogP contribution in [0.2, 0.25) is 5.02 Å². The molecule has 0 saturated carbocycles. The van der Waals surface area contributed by atoms with Gasteiger partial charge in [-0.15, -0.1) is 0 Å². The van der Waals surface area contributed by atoms with Gasteiger partial charge in [-0.1, -0.05) is 11.6 Å². The Hall–Kier alpha value is -2.80. The molecule has 2 aromatic carbocycles. The minimum absolute atomic E-state index is 0.0252. The van der Waals surface area contributed by atoms with E-state index < -0.39 is 0 Å². The van der Waals surface area contributed by atoms with Gasteiger partial charge in [0.05, 0.1) is 24.9 Å². The molecule has 0 heterocycles. The van der Waals surface area contributed by atoms with E-state index in [0.717, 1.165) is 0 Å². The summed E-state index contributed by atoms with van der Waals surface area (Å²) in [5, 5.41) is 16.4. The summed E-state index contributed by atoms with van der Waals surface area (Å²) in [4.78, 5) is 11.7. The number of nitrogens with zero attached hydrogens (tertiary/aromatic N) is 1. The van der Waals surface area contributed by atoms with Crippen molar-refractivity contribution in [1.82, 2.24) is 5.43 Å². The van der Waals surface area contributed by atoms with Gasteiger partial charge in [-0.2, -0.15) is 5.10 Å². The molecule has 0 fully saturated rings. The molecule has 0 aliphatic heterocycles. The predicted octanol–water partition coefficient (Wildman–Crippen LogP) is 2.76. The molecule has 3 N–H and O–H groups in total. The maximum atomic E-state index is 12.8. The van der Waals surface area contributed by atoms with Crippen molar-refractivity contribution in [2.75, 3.05) is 19.0 Å². The first-order valence-corrected chi connectivity index (χ1v) is 7.25. The number of rotatable bonds is 6. The Morgan fingerprint density at radius 1 is 1.38 bits per heavy atom. The smallest absolute Gasteiger partial charge is 0.259 e. The van der Waals surface area contributed by atoms with E-state index in [9.17, 15) is 14.3 Å². The molecule has 0 aromatic heterocycles. The Morgan fingerprint density at radius 3 is 2.75 bits per heavy atom. The lowest BCUT2D eigenvalue weighted by Gasteiger charge is -2.06. The largest absolute Gasteiger partial charge is 0.503 e. The van der Waals surface area contributed by atoms with Crippen molar-refractivity contribution in [3.8, 4) is 11.5 Å². The van der Waals surface area contributed by atoms with Crippen LogP contribution in [0.4, 0.5) is 10.1 Å². The van der Waals surface area contributed by atoms with Crippen molar-refractivity contribution in [2.24, 2.45) is 5.10 Å². The maximum Gasteiger partial charge on any atom is 0.259 e. The molecule has 2 aromatic rings. The van der Waals surface area contributed by atoms with Crippen LogP contribution in [0, 0.1) is 5.82 Å². The van der Waals surface area contributed by atoms with E-state index >= 15 is 0 Å². The van der Waals surface area contributed by atoms with E-state index in [-0.39, 0.29) is 34.8 Å². The monoisotopic (exact) mass is 351 g/mol. The Balaban J connectivity index is 1.88. The van der Waals surface area contributed by atoms with E-state index in [2.05, 4.69) is 15.8 Å². The van der Waals surface area contributed by atoms with E-state index in [4.69, 9.17) is 16.3 Å². The quantitative estimate of drug-likeness (QED) is 0.552. The standard InChI is InChI=1S/C16H15ClFN3O3/c1-24-14-7-10(6-13(17)16(14)23)8-20-21-15(22)9-19-12-4-2-11(18)3-5-12/h2-8,19,23H,9H2,1H3,(H,21,22)/b20-8-. The van der Waals surface area contributed by atoms with E-state index in [0.29, 0.717) is 11.3 Å². The van der Waals surface area contributed by atoms with Crippen LogP contribution in [0.3, 0.4) is 0 Å². The number of amides is 1. The number of hydrazone groups is 1. The summed E-state index contributed by atoms with van der Waals surface area (Å²) < 4.78 is 17.7. The molecule has 0 bridgehead atoms. The molecule has 24 heavy (non-hydrogen) atoms. The first-order chi connectivity index (χ1) is 11.5. The Labute approximate surface area is 142 Å². The highest BCUT2D eigenvalue weighted by Crippen LogP contribution is 2.34. The number of ether oxygens (including phenoxy) is 1. The van der Waals surface area contributed by atoms with Crippen molar-refractivity contribution < 1.29 is 19.0 Å². The number of carbonyl (C=O) groups is 1. The highest BCUT2D eigenvalue weighted by molar-refractivity contribution is 6.32. The van der Waals surface area contributed by atoms with Gasteiger partial charge in [0.1, 0.15) is 5.82 Å². The van der Waals surface area contributed by atoms with Crippen LogP contribution in [0.25, 0.3) is 0 Å². The SMILES string of the molecule is COc1cc(/C=N\NC(=O)CNc2ccc(F)cc2)cc(Cl)c1O. The average molecular weight is 352 g/mol. The number of benzene rings is 2. The van der Waals surface area contributed by atoms with E-state index in [1.54, 1.807) is 0 Å². The van der Waals surface area contributed by atoms with E-state index in [1.165, 1.54) is 49.7 Å². The summed E-state index contributed by atoms with van der Waals surface area (Å²) in [7, 11) is 1.40. The zero-order valence-corrected chi connectivity index (χ0v) is 13.5. The van der Waals surface area contributed by atoms with Crippen LogP contribution >= 0.6 is 11.6 Å². The third-order valence-electron chi connectivity index (χ3n) is 2.97. The van der Waals surface area contributed by atoms with Crippen molar-refractivity contribution in [3.05, 3.63) is 52.8 Å². The van der Waals surface area contributed by atoms with Gasteiger partial charge < -0.3 is 15.2 Å². The van der Waals surface area contributed by atoms with Gasteiger partial charge in [0.15, 0.2) is 11.5 Å². The number of halogens is 2. The number of phenols is 1. The van der Waals surface area contributed by atoms with Crippen molar-refractivity contribution >= 4 is 29.4 Å². The molecule has 0 aliphatic rings. The lowest BCUT2D eigenvalue weighted by Crippen LogP contribution is -2.25. The van der Waals surface area contributed by atoms with Gasteiger partial charge in [0, 0.05) is 5.69 Å². The summed E-state index contributed by atoms with van der Waals surface area (Å²) in [6.45, 7) is -0.0252. The van der Waals surface area contributed by atoms with Gasteiger partial charge in [0.25, 0.3) is 5.91 Å². The van der Waals surface area contributed by atoms with Crippen LogP contribution in [0.5, 0.6) is 11.5 Å². The second-order valence-electron chi connectivity index (χ2n) is 4.71. The van der Waals surface area contributed by atoms with Crippen molar-refractivity contribution in [2.45, 2.75) is 0 Å². The molecule has 6 nitrogen and oxygen atoms in total. The van der Waals surface area contributed by atoms with Gasteiger partial charge in [0.2, 0.25) is 0 Å². The number of anilines is 1. The zero-order chi connectivity index (χ0) is 17.5. The first kappa shape index (κ1) is 17.6. The first-order valence-electron chi connectivity index (χ1n) is 6.87. The fourth-order valence-corrected chi connectivity index (χ4v) is 2.01. The normalized spacial score (nSPS) is 10.6. The van der Waals surface area contributed by atoms with Crippen molar-refractivity contribution in [1.29, 1.82) is 0 Å². The minimum Gasteiger partial charge on any atom is -0.503 e. The highest BCUT2D eigenvalue weighted by Gasteiger charge is 2.08. The summed E-state index contributed by atoms with van der Waals surface area (Å²) in [5.74, 6) is -0.692. The number of hydrogen-bond acceptors (Lipinski definition) is 5. The summed E-state index contributed by atoms with van der Waals surface area (Å²) in [5.41, 5.74) is 3.49. The highest BCUT2D eigenvalue weighted by atomic mass is 35.5. The summed E-state index contributed by atoms with van der Waals surface area (Å²) >= 11 is 5.85. The summed E-state index contributed by atoms with van der Waals surface area (Å²) in [6.07, 6.45) is 1.36. The van der Waals surface area contributed by atoms with Crippen molar-refractivity contribution in [3.63, 3.8) is 0 Å². The van der Waals surface area contributed by atoms with Gasteiger partial charge in [-0.05, 0) is 42.0 Å². The lowest BCUT2D eigenvalue weighted by atomic mass is 10.2. The second-order valence-corrected chi connectivity index (χ2v) is 5.11. The van der Waals surface area contributed by atoms with Gasteiger partial charge >= 0.3 is 0 Å². The fourth-order valence-electron chi connectivity index (χ4n) is 1.79. The number of aromatic hydroxyl groups is 1. The molecular weight excluding hydrogens is 337 g/mol. The molecule has 2 rings (SSSR count). The Bertz CT molecular complexity index is 751. The molecular formula is C16H15ClFN3O3. The molecule has 1 amide bonds. The fraction of sp³-hybridized carbons (Fsp3) is 0.125. The zero-order valence-electron chi connectivity index (χ0n) is 12.7. The predicted molar refractivity (Wildman–Crippen MR) is 90.3 cm³/mol. The number of phenolic OH excluding ortho intramolecular Hbond substituents is 1. The Morgan fingerprint density at radius 2 is 2.08 bits per heavy atom. The van der Waals surface area contributed by atoms with Crippen LogP contribution in [-0.2, 0) is 4.79 Å². The second kappa shape index (κ2) is 8.16. The molecule has 0 radical (unpaired) electrons. The third-order valence-corrected chi connectivity index (χ3v) is 3.26. The number of methoxy groups -OCH3 is 1. The van der Waals surface area contributed by atoms with E-state index in [1.807, 2.05) is 0 Å². The topological polar surface area (TPSA) is 83.0 Å². The molecule has 0 aliphatic carbocycles. The minimum atomic E-state index is -0.382. The Kier molecular flexibility index (Phi) is 5.97. The number of hydrogen-bond donors (Lipinski definition) is 3. The van der Waals surface area contributed by atoms with Crippen LogP contribution in [0.15, 0.2) is 41.5 Å². The maximum absolute atomic E-state index is 12.8. The van der Waals surface area contributed by atoms with Gasteiger partial charge in [-0.25, -0.2) is 9.82 Å². The summed E-state index contributed by atoms with van der Waals surface area (Å²) in [6, 6.07) is 8.63. The lowest BCUT2D eigenvalue weighted by molar-refractivity contribution is -0.119. The van der Waals surface area contributed by atoms with Crippen LogP contribution in [0.1, 0.15) is 5.56 Å². The molecule has 0 spiro atoms. The number of carbonyl (C=O) groups excluding carboxylic acids is 1. The molecule has 0 unspecified atom stereocenters. The van der Waals surface area contributed by atoms with Crippen LogP contribution < -0.4 is 15.5 Å². The van der Waals surface area contributed by atoms with Gasteiger partial charge in [-0.3, -0.25) is 4.79 Å².